The van der Waals surface area contributed by atoms with Crippen LogP contribution in [0.3, 0.4) is 0 Å². The fraction of sp³-hybridized carbons (Fsp3) is 0.500. The number of Topliss-reactive ketones (excluding diaryl/α,β-unsaturated/α-hetero) is 1. The van der Waals surface area contributed by atoms with Gasteiger partial charge in [-0.15, -0.1) is 0 Å². The van der Waals surface area contributed by atoms with Gasteiger partial charge < -0.3 is 14.2 Å². The Balaban J connectivity index is 2.30. The smallest absolute Gasteiger partial charge is 0.192 e. The van der Waals surface area contributed by atoms with Crippen LogP contribution in [-0.2, 0) is 4.74 Å². The second-order valence-electron chi connectivity index (χ2n) is 4.41. The summed E-state index contributed by atoms with van der Waals surface area (Å²) in [5.74, 6) is 1.13. The van der Waals surface area contributed by atoms with Crippen LogP contribution in [0.2, 0.25) is 0 Å². The van der Waals surface area contributed by atoms with E-state index in [1.807, 2.05) is 0 Å². The van der Waals surface area contributed by atoms with Crippen molar-refractivity contribution in [3.8, 4) is 11.5 Å². The van der Waals surface area contributed by atoms with Gasteiger partial charge in [0.2, 0.25) is 0 Å². The van der Waals surface area contributed by atoms with Crippen LogP contribution in [-0.4, -0.2) is 32.7 Å². The molecule has 0 amide bonds. The summed E-state index contributed by atoms with van der Waals surface area (Å²) in [7, 11) is 3.12. The molecule has 0 radical (unpaired) electrons. The van der Waals surface area contributed by atoms with E-state index in [0.29, 0.717) is 28.1 Å². The summed E-state index contributed by atoms with van der Waals surface area (Å²) in [4.78, 5) is 12.4. The topological polar surface area (TPSA) is 44.8 Å². The number of rotatable bonds is 4. The molecule has 0 saturated carbocycles. The van der Waals surface area contributed by atoms with Gasteiger partial charge in [0, 0.05) is 16.6 Å². The Bertz CT molecular complexity index is 467. The third-order valence-corrected chi connectivity index (χ3v) is 3.87. The van der Waals surface area contributed by atoms with E-state index >= 15 is 0 Å². The minimum Gasteiger partial charge on any atom is -0.493 e. The van der Waals surface area contributed by atoms with Crippen LogP contribution in [0, 0.1) is 0 Å². The highest BCUT2D eigenvalue weighted by Crippen LogP contribution is 2.34. The molecule has 0 spiro atoms. The van der Waals surface area contributed by atoms with E-state index in [2.05, 4.69) is 15.9 Å². The molecule has 1 aliphatic heterocycles. The molecule has 1 aromatic carbocycles. The van der Waals surface area contributed by atoms with E-state index in [0.717, 1.165) is 19.3 Å². The Morgan fingerprint density at radius 2 is 1.95 bits per heavy atom. The number of hydrogen-bond donors (Lipinski definition) is 0. The molecule has 0 bridgehead atoms. The summed E-state index contributed by atoms with van der Waals surface area (Å²) in [6, 6.07) is 3.44. The zero-order valence-corrected chi connectivity index (χ0v) is 12.7. The number of ether oxygens (including phenoxy) is 3. The van der Waals surface area contributed by atoms with Gasteiger partial charge in [-0.05, 0) is 47.3 Å². The molecule has 2 rings (SSSR count). The predicted molar refractivity (Wildman–Crippen MR) is 75.2 cm³/mol. The first-order chi connectivity index (χ1) is 9.17. The number of ketones is 1. The monoisotopic (exact) mass is 328 g/mol. The fourth-order valence-electron chi connectivity index (χ4n) is 2.16. The quantitative estimate of drug-likeness (QED) is 0.796. The van der Waals surface area contributed by atoms with Crippen molar-refractivity contribution in [2.45, 2.75) is 25.4 Å². The van der Waals surface area contributed by atoms with Crippen molar-refractivity contribution in [2.24, 2.45) is 0 Å². The first-order valence-corrected chi connectivity index (χ1v) is 7.04. The van der Waals surface area contributed by atoms with Crippen molar-refractivity contribution in [1.29, 1.82) is 0 Å². The third kappa shape index (κ3) is 3.09. The van der Waals surface area contributed by atoms with Gasteiger partial charge in [-0.3, -0.25) is 4.79 Å². The van der Waals surface area contributed by atoms with E-state index in [-0.39, 0.29) is 11.9 Å². The Labute approximate surface area is 121 Å². The van der Waals surface area contributed by atoms with Gasteiger partial charge in [0.1, 0.15) is 6.10 Å². The lowest BCUT2D eigenvalue weighted by atomic mass is 9.99. The molecule has 104 valence electrons. The summed E-state index contributed by atoms with van der Waals surface area (Å²) in [5.41, 5.74) is 0.574. The third-order valence-electron chi connectivity index (χ3n) is 3.21. The van der Waals surface area contributed by atoms with E-state index in [9.17, 15) is 4.79 Å². The van der Waals surface area contributed by atoms with Gasteiger partial charge in [0.05, 0.1) is 14.2 Å². The average molecular weight is 329 g/mol. The Morgan fingerprint density at radius 3 is 2.53 bits per heavy atom. The number of carbonyl (C=O) groups excluding carboxylic acids is 1. The molecule has 5 heteroatoms. The van der Waals surface area contributed by atoms with Gasteiger partial charge in [-0.2, -0.15) is 0 Å². The van der Waals surface area contributed by atoms with E-state index < -0.39 is 0 Å². The van der Waals surface area contributed by atoms with Gasteiger partial charge in [-0.25, -0.2) is 0 Å². The van der Waals surface area contributed by atoms with Crippen molar-refractivity contribution in [1.82, 2.24) is 0 Å². The maximum Gasteiger partial charge on any atom is 0.192 e. The molecule has 1 saturated heterocycles. The molecular weight excluding hydrogens is 312 g/mol. The number of benzene rings is 1. The van der Waals surface area contributed by atoms with Gasteiger partial charge >= 0.3 is 0 Å². The molecule has 1 heterocycles. The maximum atomic E-state index is 12.4. The summed E-state index contributed by atoms with van der Waals surface area (Å²) < 4.78 is 16.7. The molecule has 1 atom stereocenters. The van der Waals surface area contributed by atoms with Crippen LogP contribution in [0.15, 0.2) is 16.6 Å². The molecule has 1 aromatic rings. The molecule has 0 N–H and O–H groups in total. The molecule has 1 unspecified atom stereocenters. The largest absolute Gasteiger partial charge is 0.493 e. The van der Waals surface area contributed by atoms with Crippen LogP contribution >= 0.6 is 15.9 Å². The van der Waals surface area contributed by atoms with E-state index in [4.69, 9.17) is 14.2 Å². The summed E-state index contributed by atoms with van der Waals surface area (Å²) in [5, 5.41) is 0. The standard InChI is InChI=1S/C14H17BrO4/c1-17-12-7-9(10(15)8-13(12)18-2)14(16)11-5-3-4-6-19-11/h7-8,11H,3-6H2,1-2H3. The molecule has 1 aliphatic rings. The fourth-order valence-corrected chi connectivity index (χ4v) is 2.68. The zero-order chi connectivity index (χ0) is 13.8. The van der Waals surface area contributed by atoms with Crippen LogP contribution in [0.1, 0.15) is 29.6 Å². The minimum atomic E-state index is -0.344. The van der Waals surface area contributed by atoms with Crippen LogP contribution < -0.4 is 9.47 Å². The highest BCUT2D eigenvalue weighted by atomic mass is 79.9. The Morgan fingerprint density at radius 1 is 1.26 bits per heavy atom. The Kier molecular flexibility index (Phi) is 4.82. The van der Waals surface area contributed by atoms with E-state index in [1.165, 1.54) is 0 Å². The number of halogens is 1. The molecule has 19 heavy (non-hydrogen) atoms. The van der Waals surface area contributed by atoms with Crippen LogP contribution in [0.25, 0.3) is 0 Å². The lowest BCUT2D eigenvalue weighted by molar-refractivity contribution is 0.0186. The second kappa shape index (κ2) is 6.39. The van der Waals surface area contributed by atoms with Crippen molar-refractivity contribution in [2.75, 3.05) is 20.8 Å². The highest BCUT2D eigenvalue weighted by Gasteiger charge is 2.26. The first-order valence-electron chi connectivity index (χ1n) is 6.24. The molecule has 1 fully saturated rings. The zero-order valence-electron chi connectivity index (χ0n) is 11.1. The number of hydrogen-bond acceptors (Lipinski definition) is 4. The lowest BCUT2D eigenvalue weighted by Gasteiger charge is -2.22. The van der Waals surface area contributed by atoms with Crippen LogP contribution in [0.4, 0.5) is 0 Å². The van der Waals surface area contributed by atoms with Crippen molar-refractivity contribution >= 4 is 21.7 Å². The van der Waals surface area contributed by atoms with Gasteiger partial charge in [0.25, 0.3) is 0 Å². The molecular formula is C14H17BrO4. The summed E-state index contributed by atoms with van der Waals surface area (Å²) in [6.07, 6.45) is 2.49. The number of methoxy groups -OCH3 is 2. The maximum absolute atomic E-state index is 12.4. The lowest BCUT2D eigenvalue weighted by Crippen LogP contribution is -2.28. The van der Waals surface area contributed by atoms with Crippen molar-refractivity contribution in [3.05, 3.63) is 22.2 Å². The van der Waals surface area contributed by atoms with Crippen LogP contribution in [0.5, 0.6) is 11.5 Å². The summed E-state index contributed by atoms with van der Waals surface area (Å²) >= 11 is 3.41. The van der Waals surface area contributed by atoms with Gasteiger partial charge in [0.15, 0.2) is 17.3 Å². The highest BCUT2D eigenvalue weighted by molar-refractivity contribution is 9.10. The minimum absolute atomic E-state index is 0.00692. The first kappa shape index (κ1) is 14.3. The second-order valence-corrected chi connectivity index (χ2v) is 5.26. The molecule has 0 aliphatic carbocycles. The normalized spacial score (nSPS) is 19.0. The Hall–Kier alpha value is -1.07. The SMILES string of the molecule is COc1cc(Br)c(C(=O)C2CCCCO2)cc1OC. The van der Waals surface area contributed by atoms with Crippen molar-refractivity contribution in [3.63, 3.8) is 0 Å². The predicted octanol–water partition coefficient (Wildman–Crippen LogP) is 3.22. The van der Waals surface area contributed by atoms with Gasteiger partial charge in [-0.1, -0.05) is 0 Å². The number of carbonyl (C=O) groups is 1. The summed E-state index contributed by atoms with van der Waals surface area (Å²) in [6.45, 7) is 0.654. The average Bonchev–Trinajstić information content (AvgIpc) is 2.47. The van der Waals surface area contributed by atoms with E-state index in [1.54, 1.807) is 26.4 Å². The molecule has 0 aromatic heterocycles. The molecule has 4 nitrogen and oxygen atoms in total. The van der Waals surface area contributed by atoms with Crippen molar-refractivity contribution < 1.29 is 19.0 Å².